The zero-order valence-corrected chi connectivity index (χ0v) is 75.1. The molecule has 31 heteroatoms. The predicted octanol–water partition coefficient (Wildman–Crippen LogP) is 21.7. The number of hydrogen-bond donors (Lipinski definition) is 4. The van der Waals surface area contributed by atoms with Gasteiger partial charge in [-0.2, -0.15) is 18.3 Å². The van der Waals surface area contributed by atoms with Crippen LogP contribution in [-0.2, 0) is 88.6 Å². The number of rotatable bonds is 33. The van der Waals surface area contributed by atoms with Crippen LogP contribution >= 0.6 is 0 Å². The minimum Gasteiger partial charge on any atom is -0.489 e. The minimum atomic E-state index is -4.77. The van der Waals surface area contributed by atoms with Crippen molar-refractivity contribution in [2.45, 2.75) is 141 Å². The Morgan fingerprint density at radius 2 is 1.09 bits per heavy atom. The first-order chi connectivity index (χ1) is 66.4. The highest BCUT2D eigenvalue weighted by molar-refractivity contribution is 5.97. The summed E-state index contributed by atoms with van der Waals surface area (Å²) in [5.41, 5.74) is 10.5. The normalized spacial score (nSPS) is 13.7. The van der Waals surface area contributed by atoms with Crippen LogP contribution in [0, 0.1) is 53.5 Å². The first kappa shape index (κ1) is 97.2. The molecule has 2 aliphatic carbocycles. The Bertz CT molecular complexity index is 6930. The van der Waals surface area contributed by atoms with E-state index in [2.05, 4.69) is 41.0 Å². The molecule has 9 aromatic carbocycles. The SMILES string of the molecule is CC(=O)c1cc(-c2cccnc2[C@@H](CC(=O)Cn2cc(C(F)(F)F)nc2COCc2ccccc2)Cc2cc(F)cc(F)c2)ccc1F.CCOC(=O)c1nn(CC(=O)N[C@@H](Cc2cc(F)cc(F)c2)c2ncccc2-c2ccc(F)c(C(=O)NC)c2)c2c1C1CCC2C1.Cc1cc(F)cc(C[C@H](NC(=O)Cc2c[nH]c3ccc(F)cc23)c2ncccc2-c2cccc(OCc3ccccc3)c2)c1. The van der Waals surface area contributed by atoms with E-state index in [0.717, 1.165) is 104 Å². The fourth-order valence-electron chi connectivity index (χ4n) is 17.7. The van der Waals surface area contributed by atoms with Gasteiger partial charge in [-0.25, -0.2) is 44.9 Å². The van der Waals surface area contributed by atoms with E-state index in [9.17, 15) is 77.1 Å². The maximum Gasteiger partial charge on any atom is 0.434 e. The third-order valence-corrected chi connectivity index (χ3v) is 23.8. The number of aromatic nitrogens is 8. The molecule has 1 saturated carbocycles. The standard InChI is InChI=1S/C37H31F2N3O2.C36H29F6N3O3.C34H32F3N5O4/c1-24-15-26(17-30(39)16-24)18-35(42-36(43)20-28-22-41-34-13-12-29(38)21-33(28)34)37-32(11-6-14-40-37)27-9-5-10-31(19-27)44-23-25-7-3-2-4-8-25;1-22(46)31-16-25(9-10-32(31)39)30-8-5-11-43-35(30)26(12-24-13-27(37)17-28(38)14-24)15-29(47)18-45-19-33(36(40,41)42)44-34(45)21-48-20-23-6-3-2-4-7-23;1-3-46-34(45)31-29-20-6-7-21(14-20)32(29)42(41-31)17-28(43)40-27(13-18-11-22(35)16-23(36)12-18)30-24(5-4-10-39-30)19-8-9-26(37)25(15-19)33(44)38-2/h2-17,19,21-22,35,41H,18,20,23H2,1H3,(H,42,43);2-11,13-14,16-17,19,26H,12,15,18,20-21H2,1H3;4-5,8-12,15-16,20-21,27H,3,6-7,13-14,17H2,1-2H3,(H,38,44)(H,40,43)/t35-;26-;20?,21?,27-/m010/s1. The summed E-state index contributed by atoms with van der Waals surface area (Å²) in [7, 11) is 1.39. The largest absolute Gasteiger partial charge is 0.489 e. The van der Waals surface area contributed by atoms with Crippen LogP contribution in [0.15, 0.2) is 262 Å². The van der Waals surface area contributed by atoms with Gasteiger partial charge in [-0.1, -0.05) is 109 Å². The van der Waals surface area contributed by atoms with E-state index < -0.39 is 101 Å². The van der Waals surface area contributed by atoms with Crippen LogP contribution in [0.4, 0.5) is 48.3 Å². The van der Waals surface area contributed by atoms with Crippen molar-refractivity contribution >= 4 is 46.2 Å². The Morgan fingerprint density at radius 3 is 1.70 bits per heavy atom. The summed E-state index contributed by atoms with van der Waals surface area (Å²) in [4.78, 5) is 98.6. The number of imidazole rings is 1. The summed E-state index contributed by atoms with van der Waals surface area (Å²) in [6, 6.07) is 58.9. The molecule has 15 aromatic rings. The third kappa shape index (κ3) is 24.3. The van der Waals surface area contributed by atoms with Gasteiger partial charge >= 0.3 is 12.1 Å². The number of aromatic amines is 1. The number of alkyl halides is 3. The van der Waals surface area contributed by atoms with Crippen molar-refractivity contribution in [2.75, 3.05) is 13.7 Å². The average Bonchev–Trinajstić information content (AvgIpc) is 1.57. The van der Waals surface area contributed by atoms with E-state index in [1.807, 2.05) is 85.8 Å². The molecular formula is C107H92F11N11O9. The molecule has 17 rings (SSSR count). The second-order valence-electron chi connectivity index (χ2n) is 33.7. The number of pyridine rings is 3. The van der Waals surface area contributed by atoms with E-state index in [1.165, 1.54) is 93.1 Å². The number of halogens is 11. The maximum absolute atomic E-state index is 14.5. The second-order valence-corrected chi connectivity index (χ2v) is 33.7. The summed E-state index contributed by atoms with van der Waals surface area (Å²) in [5, 5.41) is 13.7. The number of Topliss-reactive ketones (excluding diaryl/α,β-unsaturated/α-hetero) is 2. The van der Waals surface area contributed by atoms with Crippen molar-refractivity contribution in [3.8, 4) is 39.1 Å². The highest BCUT2D eigenvalue weighted by Gasteiger charge is 2.45. The predicted molar refractivity (Wildman–Crippen MR) is 494 cm³/mol. The Hall–Kier alpha value is -15.4. The van der Waals surface area contributed by atoms with Gasteiger partial charge in [0.2, 0.25) is 11.8 Å². The molecule has 1 fully saturated rings. The number of esters is 1. The number of ketones is 2. The van der Waals surface area contributed by atoms with Gasteiger partial charge in [-0.3, -0.25) is 43.6 Å². The molecule has 6 aromatic heterocycles. The zero-order chi connectivity index (χ0) is 97.4. The number of aryl methyl sites for hydroxylation is 1. The Balaban J connectivity index is 0.000000157. The van der Waals surface area contributed by atoms with E-state index in [-0.39, 0.29) is 115 Å². The summed E-state index contributed by atoms with van der Waals surface area (Å²) < 4.78 is 175. The quantitative estimate of drug-likeness (QED) is 0.0170. The van der Waals surface area contributed by atoms with Crippen molar-refractivity contribution in [1.82, 2.24) is 55.2 Å². The molecule has 706 valence electrons. The van der Waals surface area contributed by atoms with Crippen molar-refractivity contribution in [3.63, 3.8) is 0 Å². The molecule has 0 spiro atoms. The number of nitrogens with zero attached hydrogens (tertiary/aromatic N) is 7. The Labute approximate surface area is 786 Å². The molecule has 138 heavy (non-hydrogen) atoms. The molecule has 6 heterocycles. The van der Waals surface area contributed by atoms with Gasteiger partial charge in [0.25, 0.3) is 5.91 Å². The van der Waals surface area contributed by atoms with E-state index in [4.69, 9.17) is 19.2 Å². The molecule has 0 aliphatic heterocycles. The van der Waals surface area contributed by atoms with Crippen molar-refractivity contribution in [3.05, 3.63) is 404 Å². The Kier molecular flexibility index (Phi) is 30.9. The fraction of sp³-hybridized carbons (Fsp3) is 0.224. The number of benzene rings is 9. The monoisotopic (exact) mass is 1880 g/mol. The molecule has 2 unspecified atom stereocenters. The van der Waals surface area contributed by atoms with Gasteiger partial charge in [-0.15, -0.1) is 0 Å². The number of carbonyl (C=O) groups excluding carboxylic acids is 6. The van der Waals surface area contributed by atoms with E-state index in [1.54, 1.807) is 78.6 Å². The summed E-state index contributed by atoms with van der Waals surface area (Å²) in [6.45, 7) is 4.48. The molecule has 2 bridgehead atoms. The molecule has 5 atom stereocenters. The van der Waals surface area contributed by atoms with Gasteiger partial charge in [-0.05, 0) is 230 Å². The van der Waals surface area contributed by atoms with Crippen LogP contribution < -0.4 is 20.7 Å². The minimum absolute atomic E-state index is 0.0348. The third-order valence-electron chi connectivity index (χ3n) is 23.8. The number of H-pyrrole nitrogens is 1. The van der Waals surface area contributed by atoms with Crippen LogP contribution in [0.3, 0.4) is 0 Å². The summed E-state index contributed by atoms with van der Waals surface area (Å²) in [6.07, 6.45) is 5.06. The van der Waals surface area contributed by atoms with Crippen molar-refractivity contribution in [2.24, 2.45) is 0 Å². The first-order valence-electron chi connectivity index (χ1n) is 44.4. The number of hydrogen-bond acceptors (Lipinski definition) is 14. The van der Waals surface area contributed by atoms with Crippen molar-refractivity contribution < 1.29 is 91.3 Å². The van der Waals surface area contributed by atoms with Gasteiger partial charge in [0.15, 0.2) is 23.0 Å². The van der Waals surface area contributed by atoms with Gasteiger partial charge < -0.3 is 39.7 Å². The Morgan fingerprint density at radius 1 is 0.536 bits per heavy atom. The average molecular weight is 1880 g/mol. The highest BCUT2D eigenvalue weighted by Crippen LogP contribution is 2.54. The first-order valence-corrected chi connectivity index (χ1v) is 44.4. The number of fused-ring (bicyclic) bond motifs is 6. The van der Waals surface area contributed by atoms with Crippen molar-refractivity contribution in [1.29, 1.82) is 0 Å². The van der Waals surface area contributed by atoms with E-state index >= 15 is 0 Å². The van der Waals surface area contributed by atoms with Crippen LogP contribution in [0.1, 0.15) is 179 Å². The zero-order valence-electron chi connectivity index (χ0n) is 75.1. The lowest BCUT2D eigenvalue weighted by atomic mass is 9.86. The lowest BCUT2D eigenvalue weighted by Gasteiger charge is -2.22. The van der Waals surface area contributed by atoms with Crippen LogP contribution in [0.2, 0.25) is 0 Å². The number of nitrogens with one attached hydrogen (secondary N) is 4. The van der Waals surface area contributed by atoms with Crippen LogP contribution in [0.5, 0.6) is 5.75 Å². The van der Waals surface area contributed by atoms with Gasteiger partial charge in [0, 0.05) is 107 Å². The van der Waals surface area contributed by atoms with Gasteiger partial charge in [0.1, 0.15) is 77.9 Å². The topological polar surface area (TPSA) is 256 Å². The van der Waals surface area contributed by atoms with Crippen LogP contribution in [-0.4, -0.2) is 88.2 Å². The number of carbonyl (C=O) groups is 6. The molecule has 20 nitrogen and oxygen atoms in total. The lowest BCUT2D eigenvalue weighted by molar-refractivity contribution is -0.141. The molecule has 3 amide bonds. The summed E-state index contributed by atoms with van der Waals surface area (Å²) in [5.74, 6) is -8.12. The molecule has 0 saturated heterocycles. The number of amides is 3. The van der Waals surface area contributed by atoms with Gasteiger partial charge in [0.05, 0.1) is 66.5 Å². The number of ether oxygens (including phenoxy) is 3. The fourth-order valence-corrected chi connectivity index (χ4v) is 17.7. The van der Waals surface area contributed by atoms with Crippen LogP contribution in [0.25, 0.3) is 44.3 Å². The molecular weight excluding hydrogens is 1790 g/mol. The molecule has 0 radical (unpaired) electrons. The molecule has 4 N–H and O–H groups in total. The highest BCUT2D eigenvalue weighted by atomic mass is 19.4. The second kappa shape index (κ2) is 44.0. The molecule has 2 aliphatic rings. The smallest absolute Gasteiger partial charge is 0.434 e. The van der Waals surface area contributed by atoms with E-state index in [0.29, 0.717) is 75.1 Å². The lowest BCUT2D eigenvalue weighted by Crippen LogP contribution is -2.34. The maximum atomic E-state index is 14.5. The summed E-state index contributed by atoms with van der Waals surface area (Å²) >= 11 is 0.